The second-order valence-corrected chi connectivity index (χ2v) is 3.38. The normalized spacial score (nSPS) is 11.4. The topological polar surface area (TPSA) is 66.4 Å². The molecule has 0 radical (unpaired) electrons. The van der Waals surface area contributed by atoms with Crippen molar-refractivity contribution in [2.45, 2.75) is 6.04 Å². The Morgan fingerprint density at radius 2 is 2.36 bits per heavy atom. The molecule has 1 aromatic heterocycles. The van der Waals surface area contributed by atoms with Gasteiger partial charge < -0.3 is 10.4 Å². The summed E-state index contributed by atoms with van der Waals surface area (Å²) in [6, 6.07) is 2.27. The molecule has 0 spiro atoms. The van der Waals surface area contributed by atoms with Crippen molar-refractivity contribution in [3.05, 3.63) is 22.4 Å². The van der Waals surface area contributed by atoms with Gasteiger partial charge in [-0.2, -0.15) is 0 Å². The minimum atomic E-state index is -1.13. The van der Waals surface area contributed by atoms with Gasteiger partial charge in [0.25, 0.3) is 5.91 Å². The number of carboxylic acids is 1. The number of hydrogen-bond acceptors (Lipinski definition) is 3. The largest absolute Gasteiger partial charge is 0.479 e. The van der Waals surface area contributed by atoms with Crippen LogP contribution in [0.25, 0.3) is 0 Å². The molecule has 14 heavy (non-hydrogen) atoms. The second-order valence-electron chi connectivity index (χ2n) is 2.40. The first-order valence-electron chi connectivity index (χ1n) is 3.68. The Bertz CT molecular complexity index is 377. The van der Waals surface area contributed by atoms with Gasteiger partial charge in [-0.15, -0.1) is 17.8 Å². The maximum atomic E-state index is 10.8. The number of terminal acetylenes is 1. The van der Waals surface area contributed by atoms with E-state index in [1.807, 2.05) is 0 Å². The number of carboxylic acid groups (broad SMARTS) is 1. The quantitative estimate of drug-likeness (QED) is 0.717. The summed E-state index contributed by atoms with van der Waals surface area (Å²) >= 11 is 1.25. The predicted molar refractivity (Wildman–Crippen MR) is 51.7 cm³/mol. The molecule has 1 rings (SSSR count). The van der Waals surface area contributed by atoms with Crippen LogP contribution in [0.2, 0.25) is 0 Å². The lowest BCUT2D eigenvalue weighted by Crippen LogP contribution is -2.32. The van der Waals surface area contributed by atoms with Crippen LogP contribution in [0, 0.1) is 12.3 Å². The minimum absolute atomic E-state index is 0.543. The zero-order valence-electron chi connectivity index (χ0n) is 7.06. The van der Waals surface area contributed by atoms with Crippen LogP contribution in [-0.4, -0.2) is 17.0 Å². The van der Waals surface area contributed by atoms with E-state index in [0.717, 1.165) is 0 Å². The second kappa shape index (κ2) is 4.44. The molecule has 0 bridgehead atoms. The number of amides is 1. The van der Waals surface area contributed by atoms with Gasteiger partial charge in [-0.1, -0.05) is 6.07 Å². The Kier molecular flexibility index (Phi) is 3.26. The number of carbonyl (C=O) groups is 2. The summed E-state index contributed by atoms with van der Waals surface area (Å²) in [4.78, 5) is 22.1. The summed E-state index contributed by atoms with van der Waals surface area (Å²) in [5.41, 5.74) is 0. The Hall–Kier alpha value is -1.80. The molecule has 1 aromatic rings. The highest BCUT2D eigenvalue weighted by atomic mass is 32.1. The van der Waals surface area contributed by atoms with E-state index in [2.05, 4.69) is 5.32 Å². The highest BCUT2D eigenvalue weighted by molar-refractivity contribution is 7.10. The zero-order valence-corrected chi connectivity index (χ0v) is 7.88. The molecule has 0 aliphatic carbocycles. The Balaban J connectivity index is 2.82. The molecule has 0 aromatic carbocycles. The fourth-order valence-corrected chi connectivity index (χ4v) is 1.65. The fourth-order valence-electron chi connectivity index (χ4n) is 0.883. The van der Waals surface area contributed by atoms with E-state index in [1.165, 1.54) is 11.3 Å². The monoisotopic (exact) mass is 209 g/mol. The molecule has 1 atom stereocenters. The van der Waals surface area contributed by atoms with E-state index in [4.69, 9.17) is 11.5 Å². The number of thiophene rings is 1. The number of carbonyl (C=O) groups excluding carboxylic acids is 1. The molecule has 0 fully saturated rings. The molecular weight excluding hydrogens is 202 g/mol. The van der Waals surface area contributed by atoms with Crippen molar-refractivity contribution in [2.24, 2.45) is 0 Å². The highest BCUT2D eigenvalue weighted by Crippen LogP contribution is 2.18. The standard InChI is InChI=1S/C9H7NO3S/c1-2-7(11)10-8(9(12)13)6-4-3-5-14-6/h1,3-5,8H,(H,10,11)(H,12,13). The molecule has 0 aliphatic rings. The summed E-state index contributed by atoms with van der Waals surface area (Å²) in [7, 11) is 0. The third-order valence-corrected chi connectivity index (χ3v) is 2.42. The van der Waals surface area contributed by atoms with Gasteiger partial charge in [-0.05, 0) is 17.4 Å². The maximum absolute atomic E-state index is 10.8. The van der Waals surface area contributed by atoms with Crippen molar-refractivity contribution in [1.82, 2.24) is 5.32 Å². The van der Waals surface area contributed by atoms with Crippen LogP contribution in [0.3, 0.4) is 0 Å². The smallest absolute Gasteiger partial charge is 0.331 e. The van der Waals surface area contributed by atoms with E-state index in [9.17, 15) is 9.59 Å². The molecule has 4 nitrogen and oxygen atoms in total. The average molecular weight is 209 g/mol. The third-order valence-electron chi connectivity index (χ3n) is 1.48. The highest BCUT2D eigenvalue weighted by Gasteiger charge is 2.21. The minimum Gasteiger partial charge on any atom is -0.479 e. The fraction of sp³-hybridized carbons (Fsp3) is 0.111. The molecule has 1 amide bonds. The summed E-state index contributed by atoms with van der Waals surface area (Å²) < 4.78 is 0. The van der Waals surface area contributed by atoms with Crippen molar-refractivity contribution < 1.29 is 14.7 Å². The van der Waals surface area contributed by atoms with E-state index >= 15 is 0 Å². The summed E-state index contributed by atoms with van der Waals surface area (Å²) in [5.74, 6) is -0.0559. The van der Waals surface area contributed by atoms with E-state index in [1.54, 1.807) is 23.4 Å². The van der Waals surface area contributed by atoms with Gasteiger partial charge in [-0.25, -0.2) is 4.79 Å². The van der Waals surface area contributed by atoms with Crippen molar-refractivity contribution in [3.8, 4) is 12.3 Å². The van der Waals surface area contributed by atoms with E-state index in [-0.39, 0.29) is 0 Å². The number of rotatable bonds is 3. The number of hydrogen-bond donors (Lipinski definition) is 2. The number of aliphatic carboxylic acids is 1. The average Bonchev–Trinajstić information content (AvgIpc) is 2.65. The van der Waals surface area contributed by atoms with Gasteiger partial charge in [0.15, 0.2) is 6.04 Å². The van der Waals surface area contributed by atoms with Crippen LogP contribution in [0.5, 0.6) is 0 Å². The Labute approximate surface area is 84.6 Å². The van der Waals surface area contributed by atoms with Crippen molar-refractivity contribution in [2.75, 3.05) is 0 Å². The predicted octanol–water partition coefficient (Wildman–Crippen LogP) is 0.623. The van der Waals surface area contributed by atoms with Gasteiger partial charge in [0, 0.05) is 4.88 Å². The molecular formula is C9H7NO3S. The van der Waals surface area contributed by atoms with Crippen LogP contribution < -0.4 is 5.32 Å². The van der Waals surface area contributed by atoms with Crippen LogP contribution in [0.4, 0.5) is 0 Å². The van der Waals surface area contributed by atoms with Crippen molar-refractivity contribution in [1.29, 1.82) is 0 Å². The lowest BCUT2D eigenvalue weighted by molar-refractivity contribution is -0.141. The Morgan fingerprint density at radius 1 is 1.64 bits per heavy atom. The molecule has 1 heterocycles. The lowest BCUT2D eigenvalue weighted by Gasteiger charge is -2.09. The van der Waals surface area contributed by atoms with Crippen LogP contribution in [-0.2, 0) is 9.59 Å². The maximum Gasteiger partial charge on any atom is 0.331 e. The lowest BCUT2D eigenvalue weighted by atomic mass is 10.2. The Morgan fingerprint density at radius 3 is 2.79 bits per heavy atom. The first-order chi connectivity index (χ1) is 6.65. The third kappa shape index (κ3) is 2.34. The van der Waals surface area contributed by atoms with Crippen LogP contribution in [0.15, 0.2) is 17.5 Å². The molecule has 5 heteroatoms. The van der Waals surface area contributed by atoms with E-state index < -0.39 is 17.9 Å². The van der Waals surface area contributed by atoms with E-state index in [0.29, 0.717) is 4.88 Å². The van der Waals surface area contributed by atoms with Gasteiger partial charge in [0.05, 0.1) is 0 Å². The van der Waals surface area contributed by atoms with Gasteiger partial charge in [-0.3, -0.25) is 4.79 Å². The summed E-state index contributed by atoms with van der Waals surface area (Å²) in [5, 5.41) is 12.7. The summed E-state index contributed by atoms with van der Waals surface area (Å²) in [6.45, 7) is 0. The first kappa shape index (κ1) is 10.3. The molecule has 0 aliphatic heterocycles. The molecule has 0 saturated heterocycles. The molecule has 1 unspecified atom stereocenters. The van der Waals surface area contributed by atoms with Crippen LogP contribution >= 0.6 is 11.3 Å². The summed E-state index contributed by atoms with van der Waals surface area (Å²) in [6.07, 6.45) is 4.82. The molecule has 0 saturated carbocycles. The first-order valence-corrected chi connectivity index (χ1v) is 4.56. The van der Waals surface area contributed by atoms with Gasteiger partial charge >= 0.3 is 5.97 Å². The van der Waals surface area contributed by atoms with Gasteiger partial charge in [0.1, 0.15) is 0 Å². The van der Waals surface area contributed by atoms with Crippen molar-refractivity contribution >= 4 is 23.2 Å². The van der Waals surface area contributed by atoms with Gasteiger partial charge in [0.2, 0.25) is 0 Å². The molecule has 2 N–H and O–H groups in total. The van der Waals surface area contributed by atoms with Crippen LogP contribution in [0.1, 0.15) is 10.9 Å². The number of nitrogens with one attached hydrogen (secondary N) is 1. The van der Waals surface area contributed by atoms with Crippen molar-refractivity contribution in [3.63, 3.8) is 0 Å². The molecule has 72 valence electrons. The SMILES string of the molecule is C#CC(=O)NC(C(=O)O)c1cccs1. The zero-order chi connectivity index (χ0) is 10.6.